The van der Waals surface area contributed by atoms with Gasteiger partial charge in [-0.05, 0) is 64.3 Å². The van der Waals surface area contributed by atoms with Crippen molar-refractivity contribution in [1.29, 1.82) is 0 Å². The van der Waals surface area contributed by atoms with Gasteiger partial charge >= 0.3 is 0 Å². The van der Waals surface area contributed by atoms with E-state index in [1.54, 1.807) is 17.0 Å². The van der Waals surface area contributed by atoms with Gasteiger partial charge in [-0.3, -0.25) is 9.59 Å². The van der Waals surface area contributed by atoms with Gasteiger partial charge < -0.3 is 10.2 Å². The van der Waals surface area contributed by atoms with E-state index in [9.17, 15) is 9.59 Å². The van der Waals surface area contributed by atoms with E-state index < -0.39 is 0 Å². The molecule has 1 aromatic carbocycles. The number of likely N-dealkylation sites (tertiary alicyclic amines) is 1. The number of carbonyl (C=O) groups is 2. The number of nitrogens with one attached hydrogen (secondary N) is 1. The highest BCUT2D eigenvalue weighted by Crippen LogP contribution is 2.21. The maximum atomic E-state index is 12.7. The minimum atomic E-state index is -0.371. The van der Waals surface area contributed by atoms with Crippen LogP contribution in [0.15, 0.2) is 28.7 Å². The van der Waals surface area contributed by atoms with Crippen LogP contribution in [-0.4, -0.2) is 34.8 Å². The summed E-state index contributed by atoms with van der Waals surface area (Å²) in [5, 5.41) is 2.99. The Bertz CT molecular complexity index is 549. The van der Waals surface area contributed by atoms with E-state index >= 15 is 0 Å². The molecular formula is C17H23BrN2O2. The maximum absolute atomic E-state index is 12.7. The Balaban J connectivity index is 2.17. The van der Waals surface area contributed by atoms with Crippen LogP contribution in [0.3, 0.4) is 0 Å². The highest BCUT2D eigenvalue weighted by molar-refractivity contribution is 9.10. The molecule has 1 aromatic rings. The summed E-state index contributed by atoms with van der Waals surface area (Å²) in [5.74, 6) is -0.126. The van der Waals surface area contributed by atoms with Crippen LogP contribution in [-0.2, 0) is 4.79 Å². The van der Waals surface area contributed by atoms with Crippen molar-refractivity contribution in [3.8, 4) is 0 Å². The fraction of sp³-hybridized carbons (Fsp3) is 0.529. The lowest BCUT2D eigenvalue weighted by Crippen LogP contribution is -2.55. The number of carbonyl (C=O) groups excluding carboxylic acids is 2. The third kappa shape index (κ3) is 4.32. The first-order valence-corrected chi connectivity index (χ1v) is 8.46. The van der Waals surface area contributed by atoms with Crippen molar-refractivity contribution in [3.05, 3.63) is 34.3 Å². The predicted octanol–water partition coefficient (Wildman–Crippen LogP) is 3.36. The Morgan fingerprint density at radius 2 is 1.82 bits per heavy atom. The molecule has 1 aliphatic rings. The molecule has 0 aromatic heterocycles. The highest BCUT2D eigenvalue weighted by atomic mass is 79.9. The van der Waals surface area contributed by atoms with Gasteiger partial charge in [-0.1, -0.05) is 15.9 Å². The molecule has 2 rings (SSSR count). The average Bonchev–Trinajstić information content (AvgIpc) is 2.45. The molecule has 2 amide bonds. The molecular weight excluding hydrogens is 344 g/mol. The van der Waals surface area contributed by atoms with E-state index in [1.165, 1.54) is 0 Å². The topological polar surface area (TPSA) is 49.4 Å². The smallest absolute Gasteiger partial charge is 0.254 e. The SMILES string of the molecule is CC(C)(C)NC(=O)C1CCCCN1C(=O)c1ccc(Br)cc1. The van der Waals surface area contributed by atoms with Crippen molar-refractivity contribution in [2.45, 2.75) is 51.6 Å². The third-order valence-corrected chi connectivity index (χ3v) is 4.18. The fourth-order valence-corrected chi connectivity index (χ4v) is 2.92. The van der Waals surface area contributed by atoms with Crippen LogP contribution in [0.2, 0.25) is 0 Å². The Labute approximate surface area is 140 Å². The standard InChI is InChI=1S/C17H23BrN2O2/c1-17(2,3)19-15(21)14-6-4-5-11-20(14)16(22)12-7-9-13(18)10-8-12/h7-10,14H,4-6,11H2,1-3H3,(H,19,21). The highest BCUT2D eigenvalue weighted by Gasteiger charge is 2.33. The van der Waals surface area contributed by atoms with Crippen LogP contribution in [0.25, 0.3) is 0 Å². The molecule has 5 heteroatoms. The first-order valence-electron chi connectivity index (χ1n) is 7.66. The van der Waals surface area contributed by atoms with Gasteiger partial charge in [-0.15, -0.1) is 0 Å². The number of benzene rings is 1. The number of amides is 2. The zero-order chi connectivity index (χ0) is 16.3. The second-order valence-corrected chi connectivity index (χ2v) is 7.67. The molecule has 0 spiro atoms. The van der Waals surface area contributed by atoms with Crippen LogP contribution in [0.4, 0.5) is 0 Å². The van der Waals surface area contributed by atoms with Crippen LogP contribution in [0.5, 0.6) is 0 Å². The summed E-state index contributed by atoms with van der Waals surface area (Å²) >= 11 is 3.37. The molecule has 0 aliphatic carbocycles. The third-order valence-electron chi connectivity index (χ3n) is 3.66. The van der Waals surface area contributed by atoms with Gasteiger partial charge in [0.15, 0.2) is 0 Å². The molecule has 0 radical (unpaired) electrons. The molecule has 1 unspecified atom stereocenters. The van der Waals surface area contributed by atoms with Crippen molar-refractivity contribution in [3.63, 3.8) is 0 Å². The molecule has 1 aliphatic heterocycles. The van der Waals surface area contributed by atoms with Gasteiger partial charge in [0, 0.05) is 22.1 Å². The van der Waals surface area contributed by atoms with E-state index in [4.69, 9.17) is 0 Å². The second-order valence-electron chi connectivity index (χ2n) is 6.76. The van der Waals surface area contributed by atoms with Gasteiger partial charge in [0.2, 0.25) is 5.91 Å². The normalized spacial score (nSPS) is 18.9. The second kappa shape index (κ2) is 6.82. The number of nitrogens with zero attached hydrogens (tertiary/aromatic N) is 1. The van der Waals surface area contributed by atoms with Gasteiger partial charge in [0.1, 0.15) is 6.04 Å². The Kier molecular flexibility index (Phi) is 5.27. The number of rotatable bonds is 2. The van der Waals surface area contributed by atoms with Crippen LogP contribution >= 0.6 is 15.9 Å². The molecule has 22 heavy (non-hydrogen) atoms. The summed E-state index contributed by atoms with van der Waals surface area (Å²) in [6.07, 6.45) is 2.65. The van der Waals surface area contributed by atoms with Crippen LogP contribution < -0.4 is 5.32 Å². The largest absolute Gasteiger partial charge is 0.350 e. The van der Waals surface area contributed by atoms with Crippen molar-refractivity contribution in [2.24, 2.45) is 0 Å². The summed E-state index contributed by atoms with van der Waals surface area (Å²) < 4.78 is 0.935. The summed E-state index contributed by atoms with van der Waals surface area (Å²) in [5.41, 5.74) is 0.333. The number of halogens is 1. The molecule has 1 heterocycles. The molecule has 1 atom stereocenters. The molecule has 120 valence electrons. The number of hydrogen-bond acceptors (Lipinski definition) is 2. The predicted molar refractivity (Wildman–Crippen MR) is 90.7 cm³/mol. The van der Waals surface area contributed by atoms with Crippen molar-refractivity contribution >= 4 is 27.7 Å². The zero-order valence-electron chi connectivity index (χ0n) is 13.4. The van der Waals surface area contributed by atoms with Gasteiger partial charge in [-0.2, -0.15) is 0 Å². The molecule has 1 saturated heterocycles. The van der Waals surface area contributed by atoms with E-state index in [0.717, 1.165) is 23.7 Å². The minimum absolute atomic E-state index is 0.0577. The minimum Gasteiger partial charge on any atom is -0.350 e. The zero-order valence-corrected chi connectivity index (χ0v) is 14.9. The summed E-state index contributed by atoms with van der Waals surface area (Å²) in [7, 11) is 0. The van der Waals surface area contributed by atoms with Crippen molar-refractivity contribution < 1.29 is 9.59 Å². The quantitative estimate of drug-likeness (QED) is 0.872. The Hall–Kier alpha value is -1.36. The average molecular weight is 367 g/mol. The van der Waals surface area contributed by atoms with Gasteiger partial charge in [-0.25, -0.2) is 0 Å². The first kappa shape index (κ1) is 17.0. The van der Waals surface area contributed by atoms with E-state index in [2.05, 4.69) is 21.2 Å². The summed E-state index contributed by atoms with van der Waals surface area (Å²) in [6.45, 7) is 6.49. The lowest BCUT2D eigenvalue weighted by molar-refractivity contribution is -0.128. The molecule has 0 saturated carbocycles. The number of hydrogen-bond donors (Lipinski definition) is 1. The van der Waals surface area contributed by atoms with E-state index in [1.807, 2.05) is 32.9 Å². The van der Waals surface area contributed by atoms with Gasteiger partial charge in [0.05, 0.1) is 0 Å². The summed E-state index contributed by atoms with van der Waals surface area (Å²) in [6, 6.07) is 6.91. The first-order chi connectivity index (χ1) is 10.3. The summed E-state index contributed by atoms with van der Waals surface area (Å²) in [4.78, 5) is 26.9. The molecule has 1 N–H and O–H groups in total. The van der Waals surface area contributed by atoms with E-state index in [-0.39, 0.29) is 23.4 Å². The van der Waals surface area contributed by atoms with E-state index in [0.29, 0.717) is 12.1 Å². The fourth-order valence-electron chi connectivity index (χ4n) is 2.66. The lowest BCUT2D eigenvalue weighted by atomic mass is 9.98. The van der Waals surface area contributed by atoms with Crippen molar-refractivity contribution in [2.75, 3.05) is 6.54 Å². The monoisotopic (exact) mass is 366 g/mol. The maximum Gasteiger partial charge on any atom is 0.254 e. The van der Waals surface area contributed by atoms with Crippen LogP contribution in [0.1, 0.15) is 50.4 Å². The molecule has 4 nitrogen and oxygen atoms in total. The molecule has 0 bridgehead atoms. The van der Waals surface area contributed by atoms with Gasteiger partial charge in [0.25, 0.3) is 5.91 Å². The number of piperidine rings is 1. The Morgan fingerprint density at radius 3 is 2.41 bits per heavy atom. The van der Waals surface area contributed by atoms with Crippen molar-refractivity contribution in [1.82, 2.24) is 10.2 Å². The van der Waals surface area contributed by atoms with Crippen LogP contribution in [0, 0.1) is 0 Å². The lowest BCUT2D eigenvalue weighted by Gasteiger charge is -2.36. The molecule has 1 fully saturated rings. The Morgan fingerprint density at radius 1 is 1.18 bits per heavy atom.